The second-order valence-electron chi connectivity index (χ2n) is 4.80. The van der Waals surface area contributed by atoms with Gasteiger partial charge in [-0.2, -0.15) is 0 Å². The molecule has 1 rings (SSSR count). The Hall–Kier alpha value is -0.900. The van der Waals surface area contributed by atoms with Gasteiger partial charge in [0.1, 0.15) is 5.01 Å². The van der Waals surface area contributed by atoms with E-state index >= 15 is 0 Å². The maximum absolute atomic E-state index is 11.5. The molecule has 0 aliphatic rings. The van der Waals surface area contributed by atoms with Gasteiger partial charge in [-0.25, -0.2) is 9.98 Å². The molecule has 1 heterocycles. The van der Waals surface area contributed by atoms with Crippen LogP contribution in [0.3, 0.4) is 0 Å². The van der Waals surface area contributed by atoms with E-state index in [4.69, 9.17) is 0 Å². The van der Waals surface area contributed by atoms with Crippen molar-refractivity contribution in [1.29, 1.82) is 0 Å². The molecular weight excluding hydrogens is 425 g/mol. The van der Waals surface area contributed by atoms with Crippen molar-refractivity contribution in [3.63, 3.8) is 0 Å². The van der Waals surface area contributed by atoms with Gasteiger partial charge in [-0.1, -0.05) is 13.8 Å². The van der Waals surface area contributed by atoms with E-state index in [1.165, 1.54) is 4.88 Å². The molecule has 1 aromatic rings. The van der Waals surface area contributed by atoms with Gasteiger partial charge in [0.05, 0.1) is 6.54 Å². The highest BCUT2D eigenvalue weighted by Gasteiger charge is 2.03. The van der Waals surface area contributed by atoms with Crippen LogP contribution in [0.1, 0.15) is 43.5 Å². The van der Waals surface area contributed by atoms with E-state index in [9.17, 15) is 4.79 Å². The lowest BCUT2D eigenvalue weighted by Gasteiger charge is -2.10. The summed E-state index contributed by atoms with van der Waals surface area (Å²) in [5.74, 6) is 0.789. The number of aliphatic imine (C=N–C) groups is 1. The first kappa shape index (κ1) is 22.1. The Morgan fingerprint density at radius 2 is 2.00 bits per heavy atom. The zero-order valence-electron chi connectivity index (χ0n) is 14.1. The summed E-state index contributed by atoms with van der Waals surface area (Å²) in [6.45, 7) is 8.82. The van der Waals surface area contributed by atoms with E-state index < -0.39 is 0 Å². The molecule has 1 amide bonds. The van der Waals surface area contributed by atoms with Gasteiger partial charge in [-0.15, -0.1) is 35.3 Å². The predicted molar refractivity (Wildman–Crippen MR) is 108 cm³/mol. The summed E-state index contributed by atoms with van der Waals surface area (Å²) in [4.78, 5) is 21.7. The third-order valence-corrected chi connectivity index (χ3v) is 4.01. The molecule has 8 heteroatoms. The molecule has 0 saturated heterocycles. The van der Waals surface area contributed by atoms with Crippen LogP contribution in [-0.2, 0) is 17.8 Å². The summed E-state index contributed by atoms with van der Waals surface area (Å²) >= 11 is 1.69. The molecule has 0 aromatic carbocycles. The Bertz CT molecular complexity index is 478. The minimum absolute atomic E-state index is 0. The topological polar surface area (TPSA) is 78.4 Å². The lowest BCUT2D eigenvalue weighted by atomic mass is 10.4. The Balaban J connectivity index is 0.00000484. The molecule has 3 N–H and O–H groups in total. The smallest absolute Gasteiger partial charge is 0.221 e. The predicted octanol–water partition coefficient (Wildman–Crippen LogP) is 2.29. The second kappa shape index (κ2) is 13.5. The third kappa shape index (κ3) is 9.75. The zero-order valence-corrected chi connectivity index (χ0v) is 17.3. The number of amides is 1. The third-order valence-electron chi connectivity index (χ3n) is 2.88. The number of hydrogen-bond donors (Lipinski definition) is 3. The highest BCUT2D eigenvalue weighted by Crippen LogP contribution is 2.13. The SMILES string of the molecule is CCCNC(=O)CCNC(=NCc1ncc(CC)s1)NCC.I. The second-order valence-corrected chi connectivity index (χ2v) is 6.00. The van der Waals surface area contributed by atoms with E-state index in [-0.39, 0.29) is 29.9 Å². The molecule has 0 saturated carbocycles. The van der Waals surface area contributed by atoms with E-state index in [0.717, 1.165) is 36.9 Å². The van der Waals surface area contributed by atoms with E-state index in [0.29, 0.717) is 19.5 Å². The lowest BCUT2D eigenvalue weighted by molar-refractivity contribution is -0.120. The van der Waals surface area contributed by atoms with Crippen LogP contribution in [-0.4, -0.2) is 36.5 Å². The minimum Gasteiger partial charge on any atom is -0.357 e. The number of carbonyl (C=O) groups excluding carboxylic acids is 1. The largest absolute Gasteiger partial charge is 0.357 e. The molecule has 0 aliphatic heterocycles. The molecule has 0 spiro atoms. The quantitative estimate of drug-likeness (QED) is 0.305. The van der Waals surface area contributed by atoms with Crippen LogP contribution in [0.4, 0.5) is 0 Å². The standard InChI is InChI=1S/C15H27N5OS.HI/c1-4-8-17-13(21)7-9-18-15(16-6-3)20-11-14-19-10-12(5-2)22-14;/h10H,4-9,11H2,1-3H3,(H,17,21)(H2,16,18,20);1H. The Kier molecular flexibility index (Phi) is 13.0. The Morgan fingerprint density at radius 3 is 2.61 bits per heavy atom. The number of hydrogen-bond acceptors (Lipinski definition) is 4. The lowest BCUT2D eigenvalue weighted by Crippen LogP contribution is -2.39. The van der Waals surface area contributed by atoms with Gasteiger partial charge < -0.3 is 16.0 Å². The maximum atomic E-state index is 11.5. The normalized spacial score (nSPS) is 10.8. The Morgan fingerprint density at radius 1 is 1.22 bits per heavy atom. The van der Waals surface area contributed by atoms with E-state index in [2.05, 4.69) is 32.9 Å². The molecule has 0 aliphatic carbocycles. The van der Waals surface area contributed by atoms with Crippen molar-refractivity contribution in [2.45, 2.75) is 46.6 Å². The van der Waals surface area contributed by atoms with Crippen molar-refractivity contribution in [2.24, 2.45) is 4.99 Å². The fourth-order valence-corrected chi connectivity index (χ4v) is 2.51. The van der Waals surface area contributed by atoms with Crippen LogP contribution in [0.2, 0.25) is 0 Å². The molecular formula is C15H28IN5OS. The summed E-state index contributed by atoms with van der Waals surface area (Å²) < 4.78 is 0. The summed E-state index contributed by atoms with van der Waals surface area (Å²) in [7, 11) is 0. The summed E-state index contributed by atoms with van der Waals surface area (Å²) in [5.41, 5.74) is 0. The van der Waals surface area contributed by atoms with Crippen molar-refractivity contribution in [2.75, 3.05) is 19.6 Å². The molecule has 132 valence electrons. The monoisotopic (exact) mass is 453 g/mol. The number of thiazole rings is 1. The maximum Gasteiger partial charge on any atom is 0.221 e. The van der Waals surface area contributed by atoms with Crippen LogP contribution >= 0.6 is 35.3 Å². The van der Waals surface area contributed by atoms with Gasteiger partial charge in [0, 0.05) is 37.1 Å². The van der Waals surface area contributed by atoms with Crippen molar-refractivity contribution in [1.82, 2.24) is 20.9 Å². The van der Waals surface area contributed by atoms with Crippen LogP contribution in [0.25, 0.3) is 0 Å². The molecule has 23 heavy (non-hydrogen) atoms. The van der Waals surface area contributed by atoms with Crippen LogP contribution in [0.5, 0.6) is 0 Å². The average Bonchev–Trinajstić information content (AvgIpc) is 2.98. The summed E-state index contributed by atoms with van der Waals surface area (Å²) in [5, 5.41) is 10.2. The van der Waals surface area contributed by atoms with Crippen molar-refractivity contribution in [3.05, 3.63) is 16.1 Å². The fourth-order valence-electron chi connectivity index (χ4n) is 1.72. The van der Waals surface area contributed by atoms with Gasteiger partial charge in [0.25, 0.3) is 0 Å². The number of aromatic nitrogens is 1. The number of rotatable bonds is 9. The van der Waals surface area contributed by atoms with E-state index in [1.807, 2.05) is 20.0 Å². The van der Waals surface area contributed by atoms with Crippen LogP contribution in [0.15, 0.2) is 11.2 Å². The van der Waals surface area contributed by atoms with Gasteiger partial charge in [0.2, 0.25) is 5.91 Å². The molecule has 0 bridgehead atoms. The molecule has 6 nitrogen and oxygen atoms in total. The summed E-state index contributed by atoms with van der Waals surface area (Å²) in [6, 6.07) is 0. The van der Waals surface area contributed by atoms with Gasteiger partial charge in [-0.3, -0.25) is 4.79 Å². The molecule has 0 unspecified atom stereocenters. The first-order valence-corrected chi connectivity index (χ1v) is 8.73. The number of guanidine groups is 1. The highest BCUT2D eigenvalue weighted by atomic mass is 127. The van der Waals surface area contributed by atoms with E-state index in [1.54, 1.807) is 11.3 Å². The molecule has 0 atom stereocenters. The molecule has 1 aromatic heterocycles. The number of nitrogens with one attached hydrogen (secondary N) is 3. The van der Waals surface area contributed by atoms with Crippen molar-refractivity contribution in [3.8, 4) is 0 Å². The molecule has 0 fully saturated rings. The minimum atomic E-state index is 0. The zero-order chi connectivity index (χ0) is 16.2. The van der Waals surface area contributed by atoms with Crippen molar-refractivity contribution >= 4 is 47.2 Å². The first-order valence-electron chi connectivity index (χ1n) is 7.92. The van der Waals surface area contributed by atoms with Gasteiger partial charge in [0.15, 0.2) is 5.96 Å². The number of nitrogens with zero attached hydrogens (tertiary/aromatic N) is 2. The van der Waals surface area contributed by atoms with Crippen LogP contribution < -0.4 is 16.0 Å². The highest BCUT2D eigenvalue weighted by molar-refractivity contribution is 14.0. The summed E-state index contributed by atoms with van der Waals surface area (Å²) in [6.07, 6.45) is 4.32. The number of halogens is 1. The average molecular weight is 453 g/mol. The first-order chi connectivity index (χ1) is 10.7. The molecule has 0 radical (unpaired) electrons. The van der Waals surface area contributed by atoms with Gasteiger partial charge in [-0.05, 0) is 19.8 Å². The van der Waals surface area contributed by atoms with Crippen molar-refractivity contribution < 1.29 is 4.79 Å². The number of aryl methyl sites for hydroxylation is 1. The fraction of sp³-hybridized carbons (Fsp3) is 0.667. The van der Waals surface area contributed by atoms with Crippen LogP contribution in [0, 0.1) is 0 Å². The Labute approximate surface area is 160 Å². The van der Waals surface area contributed by atoms with Gasteiger partial charge >= 0.3 is 0 Å². The number of carbonyl (C=O) groups is 1.